The van der Waals surface area contributed by atoms with Crippen LogP contribution in [0.1, 0.15) is 5.56 Å². The van der Waals surface area contributed by atoms with Crippen molar-refractivity contribution in [3.8, 4) is 11.9 Å². The fourth-order valence-corrected chi connectivity index (χ4v) is 4.17. The molecule has 1 aliphatic heterocycles. The molecule has 2 heterocycles. The maximum absolute atomic E-state index is 8.83. The average Bonchev–Trinajstić information content (AvgIpc) is 3.49. The first-order chi connectivity index (χ1) is 16.9. The van der Waals surface area contributed by atoms with Crippen LogP contribution in [0.25, 0.3) is 0 Å². The van der Waals surface area contributed by atoms with Crippen LogP contribution < -0.4 is 10.1 Å². The van der Waals surface area contributed by atoms with E-state index in [4.69, 9.17) is 42.7 Å². The summed E-state index contributed by atoms with van der Waals surface area (Å²) in [5.74, 6) is -0.000467. The number of ether oxygens (including phenoxy) is 3. The molecule has 182 valence electrons. The van der Waals surface area contributed by atoms with Crippen molar-refractivity contribution >= 4 is 34.8 Å². The molecule has 1 fully saturated rings. The van der Waals surface area contributed by atoms with Gasteiger partial charge in [0.05, 0.1) is 24.5 Å². The third-order valence-corrected chi connectivity index (χ3v) is 5.82. The first kappa shape index (κ1) is 24.8. The van der Waals surface area contributed by atoms with Crippen molar-refractivity contribution in [3.05, 3.63) is 76.8 Å². The predicted molar refractivity (Wildman–Crippen MR) is 133 cm³/mol. The lowest BCUT2D eigenvalue weighted by atomic mass is 10.1. The average molecular weight is 515 g/mol. The molecular weight excluding hydrogens is 491 g/mol. The van der Waals surface area contributed by atoms with Gasteiger partial charge >= 0.3 is 0 Å². The van der Waals surface area contributed by atoms with Gasteiger partial charge in [-0.05, 0) is 36.4 Å². The highest BCUT2D eigenvalue weighted by Crippen LogP contribution is 2.40. The fraction of sp³-hybridized carbons (Fsp3) is 0.292. The van der Waals surface area contributed by atoms with Gasteiger partial charge in [-0.25, -0.2) is 4.98 Å². The van der Waals surface area contributed by atoms with Gasteiger partial charge in [0.2, 0.25) is 17.9 Å². The van der Waals surface area contributed by atoms with Crippen molar-refractivity contribution in [1.82, 2.24) is 14.5 Å². The molecule has 4 rings (SSSR count). The molecule has 0 aliphatic carbocycles. The standard InChI is InChI=1S/C24H24Cl2N6O3/c1-31(2)23(29-15-27)30-18-4-6-19(7-5-18)33-12-20-13-34-24(35-20,14-32-10-9-28-16-32)21-8-3-17(25)11-22(21)26/h3-11,16,20H,12-14H2,1-2H3,(H,29,30). The lowest BCUT2D eigenvalue weighted by molar-refractivity contribution is -0.189. The zero-order valence-electron chi connectivity index (χ0n) is 19.2. The molecular formula is C24H24Cl2N6O3. The predicted octanol–water partition coefficient (Wildman–Crippen LogP) is 4.35. The second kappa shape index (κ2) is 11.0. The SMILES string of the molecule is CN(C)C(=NC#N)Nc1ccc(OCC2COC(Cn3ccnc3)(c3ccc(Cl)cc3Cl)O2)cc1. The third kappa shape index (κ3) is 6.05. The molecule has 0 amide bonds. The van der Waals surface area contributed by atoms with Crippen molar-refractivity contribution < 1.29 is 14.2 Å². The largest absolute Gasteiger partial charge is 0.491 e. The van der Waals surface area contributed by atoms with E-state index in [9.17, 15) is 0 Å². The Labute approximate surface area is 213 Å². The number of rotatable bonds is 7. The summed E-state index contributed by atoms with van der Waals surface area (Å²) in [6.07, 6.45) is 6.68. The molecule has 1 aliphatic rings. The van der Waals surface area contributed by atoms with Gasteiger partial charge < -0.3 is 29.0 Å². The second-order valence-electron chi connectivity index (χ2n) is 8.05. The van der Waals surface area contributed by atoms with Gasteiger partial charge in [-0.1, -0.05) is 29.3 Å². The molecule has 2 aromatic carbocycles. The minimum atomic E-state index is -1.10. The Morgan fingerprint density at radius 1 is 1.31 bits per heavy atom. The van der Waals surface area contributed by atoms with Crippen LogP contribution in [0.3, 0.4) is 0 Å². The Morgan fingerprint density at radius 2 is 2.11 bits per heavy atom. The van der Waals surface area contributed by atoms with Crippen molar-refractivity contribution in [1.29, 1.82) is 5.26 Å². The van der Waals surface area contributed by atoms with E-state index in [1.54, 1.807) is 49.8 Å². The van der Waals surface area contributed by atoms with Crippen LogP contribution in [-0.4, -0.2) is 53.8 Å². The number of nitrogens with zero attached hydrogens (tertiary/aromatic N) is 5. The summed E-state index contributed by atoms with van der Waals surface area (Å²) < 4.78 is 20.4. The molecule has 9 nitrogen and oxygen atoms in total. The third-order valence-electron chi connectivity index (χ3n) is 5.28. The number of halogens is 2. The Hall–Kier alpha value is -3.29. The molecule has 35 heavy (non-hydrogen) atoms. The normalized spacial score (nSPS) is 19.9. The van der Waals surface area contributed by atoms with E-state index in [1.165, 1.54) is 0 Å². The number of nitriles is 1. The van der Waals surface area contributed by atoms with Gasteiger partial charge in [-0.2, -0.15) is 5.26 Å². The van der Waals surface area contributed by atoms with Crippen LogP contribution in [0.5, 0.6) is 5.75 Å². The van der Waals surface area contributed by atoms with Crippen molar-refractivity contribution in [2.45, 2.75) is 18.4 Å². The van der Waals surface area contributed by atoms with Crippen molar-refractivity contribution in [3.63, 3.8) is 0 Å². The first-order valence-electron chi connectivity index (χ1n) is 10.8. The Morgan fingerprint density at radius 3 is 2.77 bits per heavy atom. The summed E-state index contributed by atoms with van der Waals surface area (Å²) >= 11 is 12.6. The summed E-state index contributed by atoms with van der Waals surface area (Å²) in [4.78, 5) is 9.58. The number of aliphatic imine (C=N–C) groups is 1. The highest BCUT2D eigenvalue weighted by molar-refractivity contribution is 6.35. The van der Waals surface area contributed by atoms with Crippen LogP contribution in [0.4, 0.5) is 5.69 Å². The molecule has 1 saturated heterocycles. The minimum Gasteiger partial charge on any atom is -0.491 e. The first-order valence-corrected chi connectivity index (χ1v) is 11.5. The molecule has 0 spiro atoms. The van der Waals surface area contributed by atoms with Crippen LogP contribution in [-0.2, 0) is 21.8 Å². The van der Waals surface area contributed by atoms with Crippen LogP contribution in [0.15, 0.2) is 66.2 Å². The maximum Gasteiger partial charge on any atom is 0.215 e. The fourth-order valence-electron chi connectivity index (χ4n) is 3.62. The van der Waals surface area contributed by atoms with Crippen molar-refractivity contribution in [2.75, 3.05) is 32.6 Å². The van der Waals surface area contributed by atoms with E-state index in [0.717, 1.165) is 5.69 Å². The van der Waals surface area contributed by atoms with E-state index in [-0.39, 0.29) is 12.7 Å². The number of hydrogen-bond acceptors (Lipinski definition) is 6. The number of nitrogens with one attached hydrogen (secondary N) is 1. The highest BCUT2D eigenvalue weighted by Gasteiger charge is 2.45. The van der Waals surface area contributed by atoms with E-state index in [0.29, 0.717) is 40.5 Å². The molecule has 0 saturated carbocycles. The van der Waals surface area contributed by atoms with Crippen LogP contribution in [0.2, 0.25) is 10.0 Å². The van der Waals surface area contributed by atoms with Gasteiger partial charge in [0.25, 0.3) is 0 Å². The Balaban J connectivity index is 1.43. The van der Waals surface area contributed by atoms with Crippen LogP contribution >= 0.6 is 23.2 Å². The maximum atomic E-state index is 8.83. The zero-order valence-corrected chi connectivity index (χ0v) is 20.7. The smallest absolute Gasteiger partial charge is 0.215 e. The van der Waals surface area contributed by atoms with Gasteiger partial charge in [0.15, 0.2) is 0 Å². The van der Waals surface area contributed by atoms with Gasteiger partial charge in [0, 0.05) is 42.8 Å². The van der Waals surface area contributed by atoms with E-state index < -0.39 is 5.79 Å². The quantitative estimate of drug-likeness (QED) is 0.284. The monoisotopic (exact) mass is 514 g/mol. The molecule has 2 unspecified atom stereocenters. The molecule has 1 aromatic heterocycles. The number of aromatic nitrogens is 2. The van der Waals surface area contributed by atoms with E-state index in [2.05, 4.69) is 15.3 Å². The molecule has 0 radical (unpaired) electrons. The zero-order chi connectivity index (χ0) is 24.8. The number of anilines is 1. The summed E-state index contributed by atoms with van der Waals surface area (Å²) in [7, 11) is 3.60. The van der Waals surface area contributed by atoms with Gasteiger partial charge in [-0.15, -0.1) is 4.99 Å². The van der Waals surface area contributed by atoms with Crippen molar-refractivity contribution in [2.24, 2.45) is 4.99 Å². The summed E-state index contributed by atoms with van der Waals surface area (Å²) in [5, 5.41) is 12.9. The molecule has 3 aromatic rings. The molecule has 11 heteroatoms. The Kier molecular flexibility index (Phi) is 7.78. The molecule has 2 atom stereocenters. The summed E-state index contributed by atoms with van der Waals surface area (Å²) in [6, 6.07) is 12.6. The van der Waals surface area contributed by atoms with Gasteiger partial charge in [-0.3, -0.25) is 0 Å². The number of hydrogen-bond donors (Lipinski definition) is 1. The minimum absolute atomic E-state index is 0.280. The lowest BCUT2D eigenvalue weighted by Crippen LogP contribution is -2.34. The summed E-state index contributed by atoms with van der Waals surface area (Å²) in [5.41, 5.74) is 1.46. The Bertz CT molecular complexity index is 1210. The van der Waals surface area contributed by atoms with E-state index >= 15 is 0 Å². The summed E-state index contributed by atoms with van der Waals surface area (Å²) in [6.45, 7) is 0.969. The lowest BCUT2D eigenvalue weighted by Gasteiger charge is -2.30. The van der Waals surface area contributed by atoms with Gasteiger partial charge in [0.1, 0.15) is 18.5 Å². The molecule has 0 bridgehead atoms. The second-order valence-corrected chi connectivity index (χ2v) is 8.90. The van der Waals surface area contributed by atoms with Crippen LogP contribution in [0, 0.1) is 11.5 Å². The highest BCUT2D eigenvalue weighted by atomic mass is 35.5. The van der Waals surface area contributed by atoms with E-state index in [1.807, 2.05) is 41.1 Å². The topological polar surface area (TPSA) is 96.9 Å². The number of guanidine groups is 1. The molecule has 1 N–H and O–H groups in total. The number of imidazole rings is 1. The number of benzene rings is 2.